The van der Waals surface area contributed by atoms with E-state index in [0.717, 1.165) is 27.1 Å². The van der Waals surface area contributed by atoms with E-state index in [2.05, 4.69) is 21.7 Å². The third-order valence-corrected chi connectivity index (χ3v) is 6.27. The highest BCUT2D eigenvalue weighted by molar-refractivity contribution is 7.19. The van der Waals surface area contributed by atoms with Crippen LogP contribution in [0.4, 0.5) is 5.69 Å². The Kier molecular flexibility index (Phi) is 5.78. The van der Waals surface area contributed by atoms with Gasteiger partial charge in [0.05, 0.1) is 6.54 Å². The lowest BCUT2D eigenvalue weighted by molar-refractivity contribution is -0.117. The molecule has 1 aromatic heterocycles. The largest absolute Gasteiger partial charge is 0.386 e. The van der Waals surface area contributed by atoms with Gasteiger partial charge >= 0.3 is 0 Å². The molecule has 3 aromatic rings. The van der Waals surface area contributed by atoms with Crippen molar-refractivity contribution >= 4 is 39.0 Å². The number of rotatable bonds is 5. The van der Waals surface area contributed by atoms with E-state index in [-0.39, 0.29) is 12.5 Å². The summed E-state index contributed by atoms with van der Waals surface area (Å²) in [5.74, 6) is 0.494. The van der Waals surface area contributed by atoms with Crippen LogP contribution in [0.2, 0.25) is 0 Å². The molecule has 2 aromatic carbocycles. The maximum absolute atomic E-state index is 12.6. The Balaban J connectivity index is 1.30. The second-order valence-electron chi connectivity index (χ2n) is 6.93. The Morgan fingerprint density at radius 2 is 2.00 bits per heavy atom. The summed E-state index contributed by atoms with van der Waals surface area (Å²) in [7, 11) is 1.65. The van der Waals surface area contributed by atoms with Crippen molar-refractivity contribution in [1.82, 2.24) is 10.6 Å². The van der Waals surface area contributed by atoms with E-state index in [1.807, 2.05) is 53.4 Å². The zero-order valence-corrected chi connectivity index (χ0v) is 17.1. The first kappa shape index (κ1) is 19.4. The molecule has 1 aliphatic rings. The summed E-state index contributed by atoms with van der Waals surface area (Å²) < 4.78 is 1.15. The average Bonchev–Trinajstić information content (AvgIpc) is 3.37. The molecule has 0 radical (unpaired) electrons. The molecule has 3 N–H and O–H groups in total. The number of aliphatic hydroxyl groups is 1. The van der Waals surface area contributed by atoms with E-state index in [1.54, 1.807) is 18.4 Å². The highest BCUT2D eigenvalue weighted by Gasteiger charge is 2.24. The first-order chi connectivity index (χ1) is 14.2. The Hall–Kier alpha value is -2.90. The van der Waals surface area contributed by atoms with Gasteiger partial charge in [-0.15, -0.1) is 11.3 Å². The van der Waals surface area contributed by atoms with Crippen LogP contribution in [0, 0.1) is 0 Å². The van der Waals surface area contributed by atoms with Crippen molar-refractivity contribution in [1.29, 1.82) is 0 Å². The number of para-hydroxylation sites is 1. The molecular weight excluding hydrogens is 384 g/mol. The van der Waals surface area contributed by atoms with Crippen LogP contribution in [0.25, 0.3) is 10.1 Å². The van der Waals surface area contributed by atoms with Crippen LogP contribution in [-0.2, 0) is 11.2 Å². The summed E-state index contributed by atoms with van der Waals surface area (Å²) in [5.41, 5.74) is 2.19. The van der Waals surface area contributed by atoms with Gasteiger partial charge in [0.1, 0.15) is 6.10 Å². The van der Waals surface area contributed by atoms with Gasteiger partial charge in [-0.05, 0) is 35.6 Å². The van der Waals surface area contributed by atoms with E-state index in [9.17, 15) is 9.90 Å². The van der Waals surface area contributed by atoms with E-state index >= 15 is 0 Å². The molecule has 0 saturated carbocycles. The van der Waals surface area contributed by atoms with Gasteiger partial charge in [-0.1, -0.05) is 36.4 Å². The highest BCUT2D eigenvalue weighted by Crippen LogP contribution is 2.29. The van der Waals surface area contributed by atoms with Gasteiger partial charge in [-0.25, -0.2) is 0 Å². The normalized spacial score (nSPS) is 14.7. The van der Waals surface area contributed by atoms with Crippen LogP contribution in [0.15, 0.2) is 59.6 Å². The van der Waals surface area contributed by atoms with Gasteiger partial charge in [-0.3, -0.25) is 9.79 Å². The van der Waals surface area contributed by atoms with Crippen molar-refractivity contribution in [2.45, 2.75) is 12.5 Å². The number of amides is 1. The van der Waals surface area contributed by atoms with Crippen molar-refractivity contribution in [3.63, 3.8) is 0 Å². The lowest BCUT2D eigenvalue weighted by Gasteiger charge is -2.19. The molecule has 0 saturated heterocycles. The fraction of sp³-hybridized carbons (Fsp3) is 0.273. The van der Waals surface area contributed by atoms with Gasteiger partial charge in [0.15, 0.2) is 5.96 Å². The molecule has 0 aliphatic carbocycles. The van der Waals surface area contributed by atoms with Crippen LogP contribution in [-0.4, -0.2) is 43.7 Å². The number of nitrogens with one attached hydrogen (secondary N) is 2. The number of nitrogens with zero attached hydrogens (tertiary/aromatic N) is 2. The van der Waals surface area contributed by atoms with Crippen molar-refractivity contribution in [2.24, 2.45) is 4.99 Å². The second kappa shape index (κ2) is 8.63. The molecule has 29 heavy (non-hydrogen) atoms. The van der Waals surface area contributed by atoms with Crippen molar-refractivity contribution < 1.29 is 9.90 Å². The fourth-order valence-electron chi connectivity index (χ4n) is 3.53. The minimum Gasteiger partial charge on any atom is -0.386 e. The van der Waals surface area contributed by atoms with Gasteiger partial charge in [0.25, 0.3) is 0 Å². The van der Waals surface area contributed by atoms with E-state index < -0.39 is 6.10 Å². The predicted molar refractivity (Wildman–Crippen MR) is 119 cm³/mol. The maximum atomic E-state index is 12.6. The maximum Gasteiger partial charge on any atom is 0.246 e. The molecule has 0 spiro atoms. The third-order valence-electron chi connectivity index (χ3n) is 5.05. The van der Waals surface area contributed by atoms with E-state index in [4.69, 9.17) is 0 Å². The number of aliphatic imine (C=N–C) groups is 1. The zero-order valence-electron chi connectivity index (χ0n) is 16.3. The molecule has 7 heteroatoms. The lowest BCUT2D eigenvalue weighted by Crippen LogP contribution is -2.45. The van der Waals surface area contributed by atoms with E-state index in [0.29, 0.717) is 19.0 Å². The lowest BCUT2D eigenvalue weighted by atomic mass is 10.2. The number of carbonyl (C=O) groups excluding carboxylic acids is 1. The van der Waals surface area contributed by atoms with Crippen LogP contribution in [0.3, 0.4) is 0 Å². The topological polar surface area (TPSA) is 77.0 Å². The minimum absolute atomic E-state index is 0.00274. The highest BCUT2D eigenvalue weighted by atomic mass is 32.1. The summed E-state index contributed by atoms with van der Waals surface area (Å²) >= 11 is 1.58. The van der Waals surface area contributed by atoms with Crippen molar-refractivity contribution in [3.8, 4) is 0 Å². The number of anilines is 1. The standard InChI is InChI=1S/C22H24N4O2S/c1-23-22(24-13-18(27)20-12-16-7-3-5-9-19(16)29-20)25-14-21(28)26-11-10-15-6-2-4-8-17(15)26/h2-9,12,18,27H,10-11,13-14H2,1H3,(H2,23,24,25). The van der Waals surface area contributed by atoms with E-state index in [1.165, 1.54) is 5.56 Å². The average molecular weight is 409 g/mol. The van der Waals surface area contributed by atoms with Crippen LogP contribution >= 0.6 is 11.3 Å². The molecule has 4 rings (SSSR count). The summed E-state index contributed by atoms with van der Waals surface area (Å²) in [6, 6.07) is 18.1. The van der Waals surface area contributed by atoms with Crippen molar-refractivity contribution in [3.05, 3.63) is 65.0 Å². The number of aliphatic hydroxyl groups excluding tert-OH is 1. The number of benzene rings is 2. The minimum atomic E-state index is -0.646. The van der Waals surface area contributed by atoms with Crippen molar-refractivity contribution in [2.75, 3.05) is 31.6 Å². The Labute approximate surface area is 173 Å². The number of carbonyl (C=O) groups is 1. The first-order valence-corrected chi connectivity index (χ1v) is 10.5. The summed E-state index contributed by atoms with van der Waals surface area (Å²) in [6.07, 6.45) is 0.239. The molecule has 0 bridgehead atoms. The smallest absolute Gasteiger partial charge is 0.246 e. The molecule has 1 atom stereocenters. The molecule has 1 aliphatic heterocycles. The van der Waals surface area contributed by atoms with Crippen LogP contribution < -0.4 is 15.5 Å². The SMILES string of the molecule is CN=C(NCC(=O)N1CCc2ccccc21)NCC(O)c1cc2ccccc2s1. The molecule has 2 heterocycles. The van der Waals surface area contributed by atoms with Crippen LogP contribution in [0.5, 0.6) is 0 Å². The number of thiophene rings is 1. The Morgan fingerprint density at radius 3 is 2.83 bits per heavy atom. The quantitative estimate of drug-likeness (QED) is 0.448. The monoisotopic (exact) mass is 408 g/mol. The van der Waals surface area contributed by atoms with Gasteiger partial charge < -0.3 is 20.6 Å². The second-order valence-corrected chi connectivity index (χ2v) is 8.05. The molecule has 1 amide bonds. The first-order valence-electron chi connectivity index (χ1n) is 9.65. The Morgan fingerprint density at radius 1 is 1.21 bits per heavy atom. The van der Waals surface area contributed by atoms with Gasteiger partial charge in [0.2, 0.25) is 5.91 Å². The third kappa shape index (κ3) is 4.26. The zero-order chi connectivity index (χ0) is 20.2. The molecule has 1 unspecified atom stereocenters. The van der Waals surface area contributed by atoms with Gasteiger partial charge in [0, 0.05) is 35.4 Å². The summed E-state index contributed by atoms with van der Waals surface area (Å²) in [5, 5.41) is 17.8. The fourth-order valence-corrected chi connectivity index (χ4v) is 4.58. The molecular formula is C22H24N4O2S. The predicted octanol–water partition coefficient (Wildman–Crippen LogP) is 2.69. The number of guanidine groups is 1. The molecule has 150 valence electrons. The molecule has 0 fully saturated rings. The summed E-state index contributed by atoms with van der Waals surface area (Å²) in [4.78, 5) is 19.5. The number of hydrogen-bond donors (Lipinski definition) is 3. The summed E-state index contributed by atoms with van der Waals surface area (Å²) in [6.45, 7) is 1.16. The van der Waals surface area contributed by atoms with Crippen LogP contribution in [0.1, 0.15) is 16.5 Å². The Bertz CT molecular complexity index is 1010. The number of fused-ring (bicyclic) bond motifs is 2. The molecule has 6 nitrogen and oxygen atoms in total. The van der Waals surface area contributed by atoms with Gasteiger partial charge in [-0.2, -0.15) is 0 Å². The number of hydrogen-bond acceptors (Lipinski definition) is 4.